The Kier molecular flexibility index (Phi) is 3.48. The molecule has 0 aliphatic carbocycles. The molecule has 0 amide bonds. The molecule has 3 heteroatoms. The Hall–Kier alpha value is -2.55. The predicted molar refractivity (Wildman–Crippen MR) is 77.2 cm³/mol. The van der Waals surface area contributed by atoms with E-state index in [-0.39, 0.29) is 0 Å². The van der Waals surface area contributed by atoms with Crippen LogP contribution < -0.4 is 0 Å². The van der Waals surface area contributed by atoms with Crippen molar-refractivity contribution < 1.29 is 13.2 Å². The number of hydrogen-bond donors (Lipinski definition) is 0. The summed E-state index contributed by atoms with van der Waals surface area (Å²) in [5, 5.41) is 0. The second kappa shape index (κ2) is 5.44. The lowest BCUT2D eigenvalue weighted by molar-refractivity contribution is 0.448. The molecule has 0 bridgehead atoms. The van der Waals surface area contributed by atoms with Crippen molar-refractivity contribution in [3.8, 4) is 22.3 Å². The Morgan fingerprint density at radius 2 is 1.00 bits per heavy atom. The molecule has 3 rings (SSSR count). The van der Waals surface area contributed by atoms with E-state index in [2.05, 4.69) is 0 Å². The molecule has 0 aliphatic rings. The molecule has 3 aromatic rings. The van der Waals surface area contributed by atoms with Crippen LogP contribution in [0.4, 0.5) is 13.2 Å². The summed E-state index contributed by atoms with van der Waals surface area (Å²) in [6.45, 7) is 0. The van der Waals surface area contributed by atoms with Gasteiger partial charge in [-0.3, -0.25) is 0 Å². The molecular weight excluding hydrogens is 273 g/mol. The zero-order valence-electron chi connectivity index (χ0n) is 11.0. The van der Waals surface area contributed by atoms with E-state index in [1.54, 1.807) is 12.1 Å². The van der Waals surface area contributed by atoms with Gasteiger partial charge in [-0.1, -0.05) is 54.6 Å². The van der Waals surface area contributed by atoms with Crippen molar-refractivity contribution in [2.24, 2.45) is 0 Å². The van der Waals surface area contributed by atoms with Crippen LogP contribution in [0, 0.1) is 17.5 Å². The molecular formula is C18H11F3. The smallest absolute Gasteiger partial charge is 0.194 e. The molecule has 21 heavy (non-hydrogen) atoms. The molecule has 3 aromatic carbocycles. The van der Waals surface area contributed by atoms with Crippen molar-refractivity contribution in [2.75, 3.05) is 0 Å². The van der Waals surface area contributed by atoms with E-state index in [1.807, 2.05) is 42.5 Å². The highest BCUT2D eigenvalue weighted by molar-refractivity contribution is 5.83. The standard InChI is InChI=1S/C18H11F3/c19-16-10-13(11-17(20)18(16)21)15-9-5-4-8-14(15)12-6-2-1-3-7-12/h1-11H. The summed E-state index contributed by atoms with van der Waals surface area (Å²) in [5.74, 6) is -3.82. The van der Waals surface area contributed by atoms with Crippen LogP contribution in [0.3, 0.4) is 0 Å². The second-order valence-electron chi connectivity index (χ2n) is 4.67. The number of halogens is 3. The van der Waals surface area contributed by atoms with Gasteiger partial charge in [0.05, 0.1) is 0 Å². The summed E-state index contributed by atoms with van der Waals surface area (Å²) in [7, 11) is 0. The molecule has 0 N–H and O–H groups in total. The van der Waals surface area contributed by atoms with Gasteiger partial charge in [0.2, 0.25) is 0 Å². The average Bonchev–Trinajstić information content (AvgIpc) is 2.53. The van der Waals surface area contributed by atoms with Crippen LogP contribution >= 0.6 is 0 Å². The first-order chi connectivity index (χ1) is 10.2. The maximum Gasteiger partial charge on any atom is 0.194 e. The lowest BCUT2D eigenvalue weighted by atomic mass is 9.94. The van der Waals surface area contributed by atoms with Gasteiger partial charge in [0.25, 0.3) is 0 Å². The van der Waals surface area contributed by atoms with Crippen molar-refractivity contribution in [3.63, 3.8) is 0 Å². The third-order valence-corrected chi connectivity index (χ3v) is 3.31. The molecule has 0 atom stereocenters. The summed E-state index contributed by atoms with van der Waals surface area (Å²) in [6, 6.07) is 18.8. The highest BCUT2D eigenvalue weighted by Crippen LogP contribution is 2.33. The summed E-state index contributed by atoms with van der Waals surface area (Å²) < 4.78 is 40.0. The van der Waals surface area contributed by atoms with E-state index in [1.165, 1.54) is 0 Å². The summed E-state index contributed by atoms with van der Waals surface area (Å²) >= 11 is 0. The van der Waals surface area contributed by atoms with Gasteiger partial charge in [-0.15, -0.1) is 0 Å². The Morgan fingerprint density at radius 1 is 0.524 bits per heavy atom. The molecule has 0 unspecified atom stereocenters. The van der Waals surface area contributed by atoms with Gasteiger partial charge in [0.1, 0.15) is 0 Å². The number of hydrogen-bond acceptors (Lipinski definition) is 0. The molecule has 0 nitrogen and oxygen atoms in total. The molecule has 0 fully saturated rings. The SMILES string of the molecule is Fc1cc(-c2ccccc2-c2ccccc2)cc(F)c1F. The summed E-state index contributed by atoms with van der Waals surface area (Å²) in [5.41, 5.74) is 2.73. The van der Waals surface area contributed by atoms with E-state index in [0.717, 1.165) is 23.3 Å². The molecule has 0 heterocycles. The van der Waals surface area contributed by atoms with Gasteiger partial charge in [-0.25, -0.2) is 13.2 Å². The lowest BCUT2D eigenvalue weighted by Crippen LogP contribution is -1.93. The normalized spacial score (nSPS) is 10.6. The minimum atomic E-state index is -1.45. The van der Waals surface area contributed by atoms with Crippen LogP contribution in [0.5, 0.6) is 0 Å². The summed E-state index contributed by atoms with van der Waals surface area (Å²) in [6.07, 6.45) is 0. The lowest BCUT2D eigenvalue weighted by Gasteiger charge is -2.10. The van der Waals surface area contributed by atoms with Crippen molar-refractivity contribution in [3.05, 3.63) is 84.2 Å². The maximum atomic E-state index is 13.4. The minimum Gasteiger partial charge on any atom is -0.204 e. The molecule has 0 aromatic heterocycles. The van der Waals surface area contributed by atoms with Gasteiger partial charge in [-0.05, 0) is 34.4 Å². The minimum absolute atomic E-state index is 0.311. The van der Waals surface area contributed by atoms with Gasteiger partial charge in [0.15, 0.2) is 17.5 Å². The highest BCUT2D eigenvalue weighted by Gasteiger charge is 2.14. The van der Waals surface area contributed by atoms with Crippen molar-refractivity contribution in [2.45, 2.75) is 0 Å². The zero-order valence-corrected chi connectivity index (χ0v) is 11.0. The fourth-order valence-corrected chi connectivity index (χ4v) is 2.32. The Morgan fingerprint density at radius 3 is 1.57 bits per heavy atom. The van der Waals surface area contributed by atoms with E-state index < -0.39 is 17.5 Å². The molecule has 0 saturated carbocycles. The summed E-state index contributed by atoms with van der Waals surface area (Å²) in [4.78, 5) is 0. The van der Waals surface area contributed by atoms with Crippen LogP contribution in [-0.4, -0.2) is 0 Å². The Labute approximate surface area is 120 Å². The van der Waals surface area contributed by atoms with E-state index in [9.17, 15) is 13.2 Å². The molecule has 0 aliphatic heterocycles. The van der Waals surface area contributed by atoms with Crippen molar-refractivity contribution in [1.29, 1.82) is 0 Å². The van der Waals surface area contributed by atoms with Crippen molar-refractivity contribution >= 4 is 0 Å². The number of benzene rings is 3. The zero-order chi connectivity index (χ0) is 14.8. The van der Waals surface area contributed by atoms with E-state index >= 15 is 0 Å². The fraction of sp³-hybridized carbons (Fsp3) is 0. The maximum absolute atomic E-state index is 13.4. The quantitative estimate of drug-likeness (QED) is 0.550. The first kappa shape index (κ1) is 13.4. The van der Waals surface area contributed by atoms with Gasteiger partial charge in [0, 0.05) is 0 Å². The van der Waals surface area contributed by atoms with Gasteiger partial charge in [-0.2, -0.15) is 0 Å². The Balaban J connectivity index is 2.21. The molecule has 0 saturated heterocycles. The van der Waals surface area contributed by atoms with E-state index in [4.69, 9.17) is 0 Å². The Bertz CT molecular complexity index is 756. The number of rotatable bonds is 2. The highest BCUT2D eigenvalue weighted by atomic mass is 19.2. The van der Waals surface area contributed by atoms with Crippen LogP contribution in [0.15, 0.2) is 66.7 Å². The van der Waals surface area contributed by atoms with Gasteiger partial charge >= 0.3 is 0 Å². The van der Waals surface area contributed by atoms with Gasteiger partial charge < -0.3 is 0 Å². The molecule has 104 valence electrons. The first-order valence-electron chi connectivity index (χ1n) is 6.46. The predicted octanol–water partition coefficient (Wildman–Crippen LogP) is 5.44. The molecule has 0 radical (unpaired) electrons. The second-order valence-corrected chi connectivity index (χ2v) is 4.67. The fourth-order valence-electron chi connectivity index (χ4n) is 2.32. The van der Waals surface area contributed by atoms with Crippen LogP contribution in [-0.2, 0) is 0 Å². The average molecular weight is 284 g/mol. The molecule has 0 spiro atoms. The van der Waals surface area contributed by atoms with Crippen molar-refractivity contribution in [1.82, 2.24) is 0 Å². The van der Waals surface area contributed by atoms with Crippen LogP contribution in [0.2, 0.25) is 0 Å². The largest absolute Gasteiger partial charge is 0.204 e. The third kappa shape index (κ3) is 2.55. The van der Waals surface area contributed by atoms with E-state index in [0.29, 0.717) is 11.1 Å². The monoisotopic (exact) mass is 284 g/mol. The third-order valence-electron chi connectivity index (χ3n) is 3.31. The van der Waals surface area contributed by atoms with Crippen LogP contribution in [0.1, 0.15) is 0 Å². The topological polar surface area (TPSA) is 0 Å². The van der Waals surface area contributed by atoms with Crippen LogP contribution in [0.25, 0.3) is 22.3 Å². The first-order valence-corrected chi connectivity index (χ1v) is 6.46.